The van der Waals surface area contributed by atoms with Crippen LogP contribution in [0.1, 0.15) is 12.8 Å². The van der Waals surface area contributed by atoms with Crippen LogP contribution in [0.15, 0.2) is 18.5 Å². The van der Waals surface area contributed by atoms with Crippen LogP contribution in [-0.2, 0) is 0 Å². The van der Waals surface area contributed by atoms with Crippen LogP contribution in [-0.4, -0.2) is 24.2 Å². The number of ether oxygens (including phenoxy) is 1. The monoisotopic (exact) mass is 196 g/mol. The van der Waals surface area contributed by atoms with Crippen LogP contribution in [0, 0.1) is 5.82 Å². The molecule has 3 nitrogen and oxygen atoms in total. The minimum atomic E-state index is -0.355. The van der Waals surface area contributed by atoms with Gasteiger partial charge in [-0.2, -0.15) is 0 Å². The summed E-state index contributed by atoms with van der Waals surface area (Å²) in [5.74, 6) is 0.157. The summed E-state index contributed by atoms with van der Waals surface area (Å²) in [5.41, 5.74) is 0. The fourth-order valence-corrected chi connectivity index (χ4v) is 1.57. The van der Waals surface area contributed by atoms with Gasteiger partial charge in [0.1, 0.15) is 17.7 Å². The van der Waals surface area contributed by atoms with Crippen LogP contribution in [0.4, 0.5) is 4.39 Å². The van der Waals surface area contributed by atoms with E-state index in [2.05, 4.69) is 10.3 Å². The Morgan fingerprint density at radius 1 is 1.50 bits per heavy atom. The van der Waals surface area contributed by atoms with E-state index >= 15 is 0 Å². The molecular weight excluding hydrogens is 183 g/mol. The van der Waals surface area contributed by atoms with Crippen molar-refractivity contribution in [3.8, 4) is 5.75 Å². The lowest BCUT2D eigenvalue weighted by Crippen LogP contribution is -2.37. The summed E-state index contributed by atoms with van der Waals surface area (Å²) >= 11 is 0. The van der Waals surface area contributed by atoms with Crippen molar-refractivity contribution >= 4 is 0 Å². The third-order valence-corrected chi connectivity index (χ3v) is 2.23. The highest BCUT2D eigenvalue weighted by Gasteiger charge is 2.14. The molecule has 0 bridgehead atoms. The van der Waals surface area contributed by atoms with Crippen LogP contribution in [0.5, 0.6) is 5.75 Å². The highest BCUT2D eigenvalue weighted by molar-refractivity contribution is 5.17. The second-order valence-electron chi connectivity index (χ2n) is 3.43. The van der Waals surface area contributed by atoms with Crippen molar-refractivity contribution in [1.29, 1.82) is 0 Å². The molecule has 76 valence electrons. The van der Waals surface area contributed by atoms with Crippen LogP contribution < -0.4 is 10.1 Å². The number of halogens is 1. The molecule has 1 atom stereocenters. The topological polar surface area (TPSA) is 34.1 Å². The number of nitrogens with one attached hydrogen (secondary N) is 1. The first-order valence-corrected chi connectivity index (χ1v) is 4.82. The number of aromatic nitrogens is 1. The maximum Gasteiger partial charge on any atom is 0.145 e. The van der Waals surface area contributed by atoms with Crippen LogP contribution in [0.3, 0.4) is 0 Å². The van der Waals surface area contributed by atoms with Crippen LogP contribution in [0.2, 0.25) is 0 Å². The molecule has 0 amide bonds. The SMILES string of the molecule is Fc1cncc(OC2CCCNC2)c1. The van der Waals surface area contributed by atoms with E-state index in [0.717, 1.165) is 25.9 Å². The predicted molar refractivity (Wildman–Crippen MR) is 50.7 cm³/mol. The molecule has 4 heteroatoms. The molecule has 2 heterocycles. The fraction of sp³-hybridized carbons (Fsp3) is 0.500. The van der Waals surface area contributed by atoms with Gasteiger partial charge in [0.2, 0.25) is 0 Å². The molecule has 1 fully saturated rings. The lowest BCUT2D eigenvalue weighted by molar-refractivity contribution is 0.166. The molecule has 0 radical (unpaired) electrons. The Morgan fingerprint density at radius 3 is 3.14 bits per heavy atom. The molecule has 1 aromatic rings. The standard InChI is InChI=1S/C10H13FN2O/c11-8-4-10(7-13-5-8)14-9-2-1-3-12-6-9/h4-5,7,9,12H,1-3,6H2. The second-order valence-corrected chi connectivity index (χ2v) is 3.43. The normalized spacial score (nSPS) is 21.9. The molecule has 2 rings (SSSR count). The van der Waals surface area contributed by atoms with Gasteiger partial charge < -0.3 is 10.1 Å². The first kappa shape index (κ1) is 9.40. The van der Waals surface area contributed by atoms with Crippen molar-refractivity contribution < 1.29 is 9.13 Å². The minimum absolute atomic E-state index is 0.146. The van der Waals surface area contributed by atoms with Gasteiger partial charge in [-0.05, 0) is 19.4 Å². The van der Waals surface area contributed by atoms with Gasteiger partial charge in [0.25, 0.3) is 0 Å². The maximum absolute atomic E-state index is 12.8. The Morgan fingerprint density at radius 2 is 2.43 bits per heavy atom. The summed E-state index contributed by atoms with van der Waals surface area (Å²) in [7, 11) is 0. The van der Waals surface area contributed by atoms with E-state index in [1.807, 2.05) is 0 Å². The highest BCUT2D eigenvalue weighted by Crippen LogP contribution is 2.15. The molecule has 1 unspecified atom stereocenters. The van der Waals surface area contributed by atoms with Crippen molar-refractivity contribution in [2.24, 2.45) is 0 Å². The lowest BCUT2D eigenvalue weighted by atomic mass is 10.1. The van der Waals surface area contributed by atoms with Crippen molar-refractivity contribution in [2.45, 2.75) is 18.9 Å². The molecule has 0 aliphatic carbocycles. The van der Waals surface area contributed by atoms with Gasteiger partial charge in [0.05, 0.1) is 12.4 Å². The summed E-state index contributed by atoms with van der Waals surface area (Å²) in [5, 5.41) is 3.23. The average molecular weight is 196 g/mol. The number of hydrogen-bond acceptors (Lipinski definition) is 3. The van der Waals surface area contributed by atoms with Gasteiger partial charge in [-0.15, -0.1) is 0 Å². The van der Waals surface area contributed by atoms with Gasteiger partial charge in [0.15, 0.2) is 0 Å². The third-order valence-electron chi connectivity index (χ3n) is 2.23. The van der Waals surface area contributed by atoms with Crippen LogP contribution >= 0.6 is 0 Å². The highest BCUT2D eigenvalue weighted by atomic mass is 19.1. The van der Waals surface area contributed by atoms with Crippen molar-refractivity contribution in [2.75, 3.05) is 13.1 Å². The zero-order valence-corrected chi connectivity index (χ0v) is 7.87. The Hall–Kier alpha value is -1.16. The number of hydrogen-bond donors (Lipinski definition) is 1. The Labute approximate surface area is 82.3 Å². The zero-order valence-electron chi connectivity index (χ0n) is 7.87. The second kappa shape index (κ2) is 4.37. The summed E-state index contributed by atoms with van der Waals surface area (Å²) in [4.78, 5) is 3.73. The summed E-state index contributed by atoms with van der Waals surface area (Å²) in [6.07, 6.45) is 4.98. The van der Waals surface area contributed by atoms with E-state index in [1.165, 1.54) is 18.5 Å². The smallest absolute Gasteiger partial charge is 0.145 e. The first-order valence-electron chi connectivity index (χ1n) is 4.82. The van der Waals surface area contributed by atoms with Gasteiger partial charge >= 0.3 is 0 Å². The van der Waals surface area contributed by atoms with Crippen LogP contribution in [0.25, 0.3) is 0 Å². The Bertz CT molecular complexity index is 300. The molecule has 1 aliphatic heterocycles. The molecule has 1 saturated heterocycles. The molecule has 0 saturated carbocycles. The van der Waals surface area contributed by atoms with Crippen molar-refractivity contribution in [3.63, 3.8) is 0 Å². The molecule has 0 aromatic carbocycles. The molecule has 1 N–H and O–H groups in total. The summed E-state index contributed by atoms with van der Waals surface area (Å²) in [6.45, 7) is 1.87. The molecule has 0 spiro atoms. The van der Waals surface area contributed by atoms with Crippen molar-refractivity contribution in [3.05, 3.63) is 24.3 Å². The first-order chi connectivity index (χ1) is 6.84. The van der Waals surface area contributed by atoms with Gasteiger partial charge in [0, 0.05) is 12.6 Å². The van der Waals surface area contributed by atoms with E-state index in [9.17, 15) is 4.39 Å². The Balaban J connectivity index is 1.95. The third kappa shape index (κ3) is 2.42. The van der Waals surface area contributed by atoms with E-state index < -0.39 is 0 Å². The molecule has 1 aromatic heterocycles. The summed E-state index contributed by atoms with van der Waals surface area (Å²) < 4.78 is 18.3. The maximum atomic E-state index is 12.8. The van der Waals surface area contributed by atoms with Gasteiger partial charge in [-0.3, -0.25) is 4.98 Å². The van der Waals surface area contributed by atoms with E-state index in [-0.39, 0.29) is 11.9 Å². The Kier molecular flexibility index (Phi) is 2.93. The molecular formula is C10H13FN2O. The largest absolute Gasteiger partial charge is 0.487 e. The number of rotatable bonds is 2. The van der Waals surface area contributed by atoms with Gasteiger partial charge in [-0.25, -0.2) is 4.39 Å². The molecule has 14 heavy (non-hydrogen) atoms. The predicted octanol–water partition coefficient (Wildman–Crippen LogP) is 1.35. The quantitative estimate of drug-likeness (QED) is 0.775. The fourth-order valence-electron chi connectivity index (χ4n) is 1.57. The number of piperidine rings is 1. The summed E-state index contributed by atoms with van der Waals surface area (Å²) in [6, 6.07) is 1.36. The van der Waals surface area contributed by atoms with Gasteiger partial charge in [-0.1, -0.05) is 0 Å². The zero-order chi connectivity index (χ0) is 9.80. The van der Waals surface area contributed by atoms with E-state index in [0.29, 0.717) is 5.75 Å². The lowest BCUT2D eigenvalue weighted by Gasteiger charge is -2.23. The minimum Gasteiger partial charge on any atom is -0.487 e. The molecule has 1 aliphatic rings. The number of nitrogens with zero attached hydrogens (tertiary/aromatic N) is 1. The van der Waals surface area contributed by atoms with Crippen molar-refractivity contribution in [1.82, 2.24) is 10.3 Å². The number of pyridine rings is 1. The van der Waals surface area contributed by atoms with E-state index in [1.54, 1.807) is 0 Å². The average Bonchev–Trinajstić information content (AvgIpc) is 2.19. The van der Waals surface area contributed by atoms with E-state index in [4.69, 9.17) is 4.74 Å².